The van der Waals surface area contributed by atoms with Crippen LogP contribution in [0.5, 0.6) is 0 Å². The highest BCUT2D eigenvalue weighted by Gasteiger charge is 2.34. The lowest BCUT2D eigenvalue weighted by atomic mass is 9.90. The molecular weight excluding hydrogens is 166 g/mol. The minimum absolute atomic E-state index is 0.0569. The first-order chi connectivity index (χ1) is 5.93. The number of likely N-dealkylation sites (tertiary alicyclic amines) is 1. The number of rotatable bonds is 2. The van der Waals surface area contributed by atoms with Crippen LogP contribution in [0.3, 0.4) is 0 Å². The summed E-state index contributed by atoms with van der Waals surface area (Å²) < 4.78 is 0. The van der Waals surface area contributed by atoms with Crippen molar-refractivity contribution in [2.24, 2.45) is 11.8 Å². The maximum atomic E-state index is 10.9. The summed E-state index contributed by atoms with van der Waals surface area (Å²) in [5.74, 6) is 5.44. The van der Waals surface area contributed by atoms with Crippen LogP contribution >= 0.6 is 0 Å². The normalized spacial score (nSPS) is 19.7. The van der Waals surface area contributed by atoms with E-state index in [0.29, 0.717) is 12.3 Å². The maximum absolute atomic E-state index is 10.9. The van der Waals surface area contributed by atoms with E-state index in [1.807, 2.05) is 0 Å². The number of hydrogen-bond acceptors (Lipinski definition) is 3. The molecule has 4 heteroatoms. The van der Waals surface area contributed by atoms with Gasteiger partial charge in [-0.05, 0) is 26.7 Å². The van der Waals surface area contributed by atoms with Gasteiger partial charge in [-0.3, -0.25) is 15.1 Å². The van der Waals surface area contributed by atoms with Crippen LogP contribution in [0.15, 0.2) is 0 Å². The summed E-state index contributed by atoms with van der Waals surface area (Å²) in [5.41, 5.74) is 2.39. The molecule has 13 heavy (non-hydrogen) atoms. The van der Waals surface area contributed by atoms with Gasteiger partial charge in [0.2, 0.25) is 5.91 Å². The average molecular weight is 185 g/mol. The van der Waals surface area contributed by atoms with E-state index in [9.17, 15) is 4.79 Å². The van der Waals surface area contributed by atoms with Gasteiger partial charge in [-0.25, -0.2) is 5.84 Å². The smallest absolute Gasteiger partial charge is 0.234 e. The Bertz CT molecular complexity index is 192. The first-order valence-electron chi connectivity index (χ1n) is 4.68. The Kier molecular flexibility index (Phi) is 2.93. The summed E-state index contributed by atoms with van der Waals surface area (Å²) in [6.45, 7) is 8.58. The van der Waals surface area contributed by atoms with E-state index in [-0.39, 0.29) is 11.4 Å². The third-order valence-corrected chi connectivity index (χ3v) is 2.54. The fourth-order valence-corrected chi connectivity index (χ4v) is 1.57. The molecule has 1 aliphatic rings. The number of nitrogens with one attached hydrogen (secondary N) is 1. The average Bonchev–Trinajstić information content (AvgIpc) is 1.92. The summed E-state index contributed by atoms with van der Waals surface area (Å²) >= 11 is 0. The van der Waals surface area contributed by atoms with Gasteiger partial charge < -0.3 is 0 Å². The molecule has 0 bridgehead atoms. The van der Waals surface area contributed by atoms with Gasteiger partial charge in [0.05, 0.1) is 0 Å². The molecule has 0 radical (unpaired) electrons. The minimum atomic E-state index is -0.0569. The van der Waals surface area contributed by atoms with Crippen molar-refractivity contribution in [2.45, 2.75) is 32.7 Å². The fraction of sp³-hybridized carbons (Fsp3) is 0.889. The lowest BCUT2D eigenvalue weighted by Crippen LogP contribution is -2.56. The Morgan fingerprint density at radius 1 is 1.54 bits per heavy atom. The third kappa shape index (κ3) is 2.67. The van der Waals surface area contributed by atoms with Crippen LogP contribution in [0.25, 0.3) is 0 Å². The Balaban J connectivity index is 2.22. The molecule has 1 fully saturated rings. The fourth-order valence-electron chi connectivity index (χ4n) is 1.57. The van der Waals surface area contributed by atoms with E-state index >= 15 is 0 Å². The molecule has 1 heterocycles. The molecule has 76 valence electrons. The van der Waals surface area contributed by atoms with Crippen molar-refractivity contribution in [3.8, 4) is 0 Å². The molecule has 1 aliphatic heterocycles. The largest absolute Gasteiger partial charge is 0.298 e. The molecule has 0 saturated carbocycles. The molecule has 0 atom stereocenters. The first kappa shape index (κ1) is 10.5. The molecule has 0 spiro atoms. The molecule has 0 aromatic heterocycles. The van der Waals surface area contributed by atoms with Gasteiger partial charge in [-0.1, -0.05) is 0 Å². The molecule has 3 N–H and O–H groups in total. The van der Waals surface area contributed by atoms with Crippen LogP contribution in [-0.2, 0) is 4.79 Å². The van der Waals surface area contributed by atoms with Crippen molar-refractivity contribution >= 4 is 5.91 Å². The van der Waals surface area contributed by atoms with Gasteiger partial charge in [0.25, 0.3) is 0 Å². The Hall–Kier alpha value is -0.610. The molecule has 1 rings (SSSR count). The van der Waals surface area contributed by atoms with Gasteiger partial charge in [0.1, 0.15) is 0 Å². The second-order valence-electron chi connectivity index (χ2n) is 4.71. The first-order valence-corrected chi connectivity index (χ1v) is 4.68. The standard InChI is InChI=1S/C9H19N3O/c1-9(2,3)12-5-7(6-12)4-8(13)11-10/h7H,4-6,10H2,1-3H3,(H,11,13). The number of carbonyl (C=O) groups excluding carboxylic acids is 1. The van der Waals surface area contributed by atoms with Crippen LogP contribution in [-0.4, -0.2) is 29.4 Å². The molecule has 0 unspecified atom stereocenters. The number of amides is 1. The molecular formula is C9H19N3O. The van der Waals surface area contributed by atoms with Crippen LogP contribution in [0.2, 0.25) is 0 Å². The molecule has 1 amide bonds. The monoisotopic (exact) mass is 185 g/mol. The number of nitrogens with zero attached hydrogens (tertiary/aromatic N) is 1. The predicted molar refractivity (Wildman–Crippen MR) is 51.8 cm³/mol. The van der Waals surface area contributed by atoms with Gasteiger partial charge in [-0.15, -0.1) is 0 Å². The number of hydrazine groups is 1. The Morgan fingerprint density at radius 3 is 2.46 bits per heavy atom. The van der Waals surface area contributed by atoms with Crippen LogP contribution < -0.4 is 11.3 Å². The summed E-state index contributed by atoms with van der Waals surface area (Å²) in [5, 5.41) is 0. The molecule has 0 aromatic rings. The van der Waals surface area contributed by atoms with Gasteiger partial charge in [0, 0.05) is 25.0 Å². The zero-order chi connectivity index (χ0) is 10.1. The summed E-state index contributed by atoms with van der Waals surface area (Å²) in [7, 11) is 0. The van der Waals surface area contributed by atoms with Crippen molar-refractivity contribution in [1.29, 1.82) is 0 Å². The number of hydrogen-bond donors (Lipinski definition) is 2. The second kappa shape index (κ2) is 3.64. The van der Waals surface area contributed by atoms with E-state index in [1.165, 1.54) is 0 Å². The van der Waals surface area contributed by atoms with Gasteiger partial charge in [0.15, 0.2) is 0 Å². The van der Waals surface area contributed by atoms with Crippen LogP contribution in [0.1, 0.15) is 27.2 Å². The number of nitrogens with two attached hydrogens (primary N) is 1. The van der Waals surface area contributed by atoms with E-state index in [2.05, 4.69) is 31.1 Å². The van der Waals surface area contributed by atoms with Crippen molar-refractivity contribution in [1.82, 2.24) is 10.3 Å². The topological polar surface area (TPSA) is 58.4 Å². The van der Waals surface area contributed by atoms with E-state index in [0.717, 1.165) is 13.1 Å². The highest BCUT2D eigenvalue weighted by atomic mass is 16.2. The van der Waals surface area contributed by atoms with Crippen LogP contribution in [0, 0.1) is 5.92 Å². The van der Waals surface area contributed by atoms with Crippen molar-refractivity contribution < 1.29 is 4.79 Å². The van der Waals surface area contributed by atoms with Crippen molar-refractivity contribution in [3.63, 3.8) is 0 Å². The maximum Gasteiger partial charge on any atom is 0.234 e. The quantitative estimate of drug-likeness (QED) is 0.364. The lowest BCUT2D eigenvalue weighted by Gasteiger charge is -2.47. The molecule has 4 nitrogen and oxygen atoms in total. The van der Waals surface area contributed by atoms with Gasteiger partial charge in [-0.2, -0.15) is 0 Å². The lowest BCUT2D eigenvalue weighted by molar-refractivity contribution is -0.124. The van der Waals surface area contributed by atoms with Gasteiger partial charge >= 0.3 is 0 Å². The predicted octanol–water partition coefficient (Wildman–Crippen LogP) is 0.0967. The Labute approximate surface area is 79.4 Å². The zero-order valence-electron chi connectivity index (χ0n) is 8.63. The SMILES string of the molecule is CC(C)(C)N1CC(CC(=O)NN)C1. The highest BCUT2D eigenvalue weighted by Crippen LogP contribution is 2.26. The van der Waals surface area contributed by atoms with E-state index in [1.54, 1.807) is 0 Å². The summed E-state index contributed by atoms with van der Waals surface area (Å²) in [6.07, 6.45) is 0.559. The molecule has 0 aromatic carbocycles. The number of carbonyl (C=O) groups is 1. The molecule has 0 aliphatic carbocycles. The minimum Gasteiger partial charge on any atom is -0.298 e. The highest BCUT2D eigenvalue weighted by molar-refractivity contribution is 5.75. The molecule has 1 saturated heterocycles. The van der Waals surface area contributed by atoms with E-state index in [4.69, 9.17) is 5.84 Å². The van der Waals surface area contributed by atoms with Crippen molar-refractivity contribution in [2.75, 3.05) is 13.1 Å². The van der Waals surface area contributed by atoms with Crippen molar-refractivity contribution in [3.05, 3.63) is 0 Å². The summed E-state index contributed by atoms with van der Waals surface area (Å²) in [6, 6.07) is 0. The van der Waals surface area contributed by atoms with Crippen LogP contribution in [0.4, 0.5) is 0 Å². The zero-order valence-corrected chi connectivity index (χ0v) is 8.63. The third-order valence-electron chi connectivity index (χ3n) is 2.54. The second-order valence-corrected chi connectivity index (χ2v) is 4.71. The van der Waals surface area contributed by atoms with E-state index < -0.39 is 0 Å². The Morgan fingerprint density at radius 2 is 2.08 bits per heavy atom. The summed E-state index contributed by atoms with van der Waals surface area (Å²) in [4.78, 5) is 13.3.